The van der Waals surface area contributed by atoms with E-state index in [-0.39, 0.29) is 18.2 Å². The molecule has 0 unspecified atom stereocenters. The van der Waals surface area contributed by atoms with Crippen molar-refractivity contribution in [1.82, 2.24) is 0 Å². The van der Waals surface area contributed by atoms with Crippen molar-refractivity contribution in [3.8, 4) is 5.75 Å². The summed E-state index contributed by atoms with van der Waals surface area (Å²) < 4.78 is 5.32. The third-order valence-electron chi connectivity index (χ3n) is 3.25. The summed E-state index contributed by atoms with van der Waals surface area (Å²) in [6, 6.07) is 7.10. The second-order valence-electron chi connectivity index (χ2n) is 5.23. The predicted octanol–water partition coefficient (Wildman–Crippen LogP) is 3.16. The summed E-state index contributed by atoms with van der Waals surface area (Å²) in [6.07, 6.45) is 0.540. The number of carbonyl (C=O) groups is 2. The van der Waals surface area contributed by atoms with E-state index in [1.807, 2.05) is 20.8 Å². The molecule has 0 aliphatic rings. The van der Waals surface area contributed by atoms with Crippen molar-refractivity contribution in [2.45, 2.75) is 33.6 Å². The van der Waals surface area contributed by atoms with Gasteiger partial charge in [0.15, 0.2) is 0 Å². The van der Waals surface area contributed by atoms with Gasteiger partial charge in [-0.1, -0.05) is 13.8 Å². The van der Waals surface area contributed by atoms with Crippen LogP contribution in [0.4, 0.5) is 5.69 Å². The summed E-state index contributed by atoms with van der Waals surface area (Å²) >= 11 is 0. The molecule has 2 N–H and O–H groups in total. The lowest BCUT2D eigenvalue weighted by molar-refractivity contribution is -0.143. The van der Waals surface area contributed by atoms with E-state index in [0.717, 1.165) is 5.75 Å². The van der Waals surface area contributed by atoms with E-state index in [2.05, 4.69) is 5.32 Å². The van der Waals surface area contributed by atoms with Gasteiger partial charge in [0.2, 0.25) is 5.91 Å². The van der Waals surface area contributed by atoms with Gasteiger partial charge in [0.25, 0.3) is 0 Å². The normalized spacial score (nSPS) is 12.0. The number of benzene rings is 1. The number of hydrogen-bond donors (Lipinski definition) is 2. The second-order valence-corrected chi connectivity index (χ2v) is 5.23. The van der Waals surface area contributed by atoms with Crippen LogP contribution < -0.4 is 10.1 Å². The van der Waals surface area contributed by atoms with Crippen LogP contribution in [0.25, 0.3) is 0 Å². The van der Waals surface area contributed by atoms with Gasteiger partial charge in [0.1, 0.15) is 5.75 Å². The molecule has 116 valence electrons. The molecule has 1 rings (SSSR count). The molecule has 0 aliphatic carbocycles. The average molecular weight is 293 g/mol. The maximum atomic E-state index is 11.8. The summed E-state index contributed by atoms with van der Waals surface area (Å²) in [5, 5.41) is 11.8. The number of rotatable bonds is 8. The van der Waals surface area contributed by atoms with Crippen molar-refractivity contribution < 1.29 is 19.4 Å². The Morgan fingerprint density at radius 1 is 1.24 bits per heavy atom. The molecule has 0 aromatic heterocycles. The van der Waals surface area contributed by atoms with E-state index >= 15 is 0 Å². The number of nitrogens with one attached hydrogen (secondary N) is 1. The van der Waals surface area contributed by atoms with Crippen LogP contribution in [0.5, 0.6) is 5.75 Å². The van der Waals surface area contributed by atoms with Crippen LogP contribution in [0.2, 0.25) is 0 Å². The highest BCUT2D eigenvalue weighted by atomic mass is 16.5. The Morgan fingerprint density at radius 3 is 2.33 bits per heavy atom. The summed E-state index contributed by atoms with van der Waals surface area (Å²) in [5.41, 5.74) is 0.680. The van der Waals surface area contributed by atoms with Crippen LogP contribution in [-0.4, -0.2) is 23.6 Å². The number of carboxylic acids is 1. The van der Waals surface area contributed by atoms with Gasteiger partial charge in [-0.25, -0.2) is 0 Å². The lowest BCUT2D eigenvalue weighted by Crippen LogP contribution is -2.22. The van der Waals surface area contributed by atoms with E-state index in [0.29, 0.717) is 18.7 Å². The zero-order valence-corrected chi connectivity index (χ0v) is 12.8. The van der Waals surface area contributed by atoms with Gasteiger partial charge in [-0.2, -0.15) is 0 Å². The van der Waals surface area contributed by atoms with E-state index in [1.165, 1.54) is 0 Å². The van der Waals surface area contributed by atoms with E-state index in [9.17, 15) is 9.59 Å². The van der Waals surface area contributed by atoms with Gasteiger partial charge >= 0.3 is 5.97 Å². The smallest absolute Gasteiger partial charge is 0.306 e. The quantitative estimate of drug-likeness (QED) is 0.772. The van der Waals surface area contributed by atoms with Gasteiger partial charge in [-0.05, 0) is 43.5 Å². The second kappa shape index (κ2) is 8.29. The van der Waals surface area contributed by atoms with Crippen LogP contribution in [0.15, 0.2) is 24.3 Å². The monoisotopic (exact) mass is 293 g/mol. The predicted molar refractivity (Wildman–Crippen MR) is 81.4 cm³/mol. The van der Waals surface area contributed by atoms with E-state index < -0.39 is 11.9 Å². The van der Waals surface area contributed by atoms with Crippen LogP contribution >= 0.6 is 0 Å². The number of ether oxygens (including phenoxy) is 1. The number of carbonyl (C=O) groups excluding carboxylic acids is 1. The largest absolute Gasteiger partial charge is 0.494 e. The Labute approximate surface area is 125 Å². The van der Waals surface area contributed by atoms with Crippen molar-refractivity contribution >= 4 is 17.6 Å². The zero-order valence-electron chi connectivity index (χ0n) is 12.8. The van der Waals surface area contributed by atoms with Crippen molar-refractivity contribution in [1.29, 1.82) is 0 Å². The van der Waals surface area contributed by atoms with Crippen LogP contribution in [0.3, 0.4) is 0 Å². The molecule has 0 spiro atoms. The molecule has 0 radical (unpaired) electrons. The van der Waals surface area contributed by atoms with Gasteiger partial charge < -0.3 is 15.2 Å². The number of hydrogen-bond acceptors (Lipinski definition) is 3. The third-order valence-corrected chi connectivity index (χ3v) is 3.25. The highest BCUT2D eigenvalue weighted by molar-refractivity contribution is 5.91. The molecule has 0 fully saturated rings. The Hall–Kier alpha value is -2.04. The number of anilines is 1. The standard InChI is InChI=1S/C16H23NO4/c1-4-21-13-7-5-12(6-8-13)17-15(18)10-9-14(11(2)3)16(19)20/h5-8,11,14H,4,9-10H2,1-3H3,(H,17,18)(H,19,20)/t14-/m0/s1. The lowest BCUT2D eigenvalue weighted by Gasteiger charge is -2.15. The highest BCUT2D eigenvalue weighted by Crippen LogP contribution is 2.19. The highest BCUT2D eigenvalue weighted by Gasteiger charge is 2.22. The molecule has 21 heavy (non-hydrogen) atoms. The molecule has 0 heterocycles. The van der Waals surface area contributed by atoms with E-state index in [4.69, 9.17) is 9.84 Å². The minimum absolute atomic E-state index is 0.0146. The first-order valence-electron chi connectivity index (χ1n) is 7.19. The minimum Gasteiger partial charge on any atom is -0.494 e. The van der Waals surface area contributed by atoms with Crippen LogP contribution in [0.1, 0.15) is 33.6 Å². The Kier molecular flexibility index (Phi) is 6.72. The molecular weight excluding hydrogens is 270 g/mol. The molecule has 1 atom stereocenters. The molecule has 0 saturated heterocycles. The maximum absolute atomic E-state index is 11.8. The average Bonchev–Trinajstić information content (AvgIpc) is 2.40. The third kappa shape index (κ3) is 5.85. The first-order valence-corrected chi connectivity index (χ1v) is 7.19. The fourth-order valence-electron chi connectivity index (χ4n) is 2.05. The molecule has 0 saturated carbocycles. The number of carboxylic acid groups (broad SMARTS) is 1. The van der Waals surface area contributed by atoms with Crippen molar-refractivity contribution in [2.75, 3.05) is 11.9 Å². The summed E-state index contributed by atoms with van der Waals surface area (Å²) in [5.74, 6) is -0.747. The molecule has 1 aromatic carbocycles. The minimum atomic E-state index is -0.848. The Morgan fingerprint density at radius 2 is 1.86 bits per heavy atom. The number of aliphatic carboxylic acids is 1. The van der Waals surface area contributed by atoms with Crippen LogP contribution in [-0.2, 0) is 9.59 Å². The topological polar surface area (TPSA) is 75.6 Å². The molecule has 5 nitrogen and oxygen atoms in total. The maximum Gasteiger partial charge on any atom is 0.306 e. The first-order chi connectivity index (χ1) is 9.93. The SMILES string of the molecule is CCOc1ccc(NC(=O)CC[C@H](C(=O)O)C(C)C)cc1. The van der Waals surface area contributed by atoms with E-state index in [1.54, 1.807) is 24.3 Å². The molecule has 1 aromatic rings. The van der Waals surface area contributed by atoms with Gasteiger partial charge in [-0.3, -0.25) is 9.59 Å². The van der Waals surface area contributed by atoms with Gasteiger partial charge in [0, 0.05) is 12.1 Å². The molecule has 1 amide bonds. The molecule has 0 bridgehead atoms. The number of amides is 1. The molecule has 5 heteroatoms. The summed E-state index contributed by atoms with van der Waals surface area (Å²) in [7, 11) is 0. The fraction of sp³-hybridized carbons (Fsp3) is 0.500. The Balaban J connectivity index is 2.48. The summed E-state index contributed by atoms with van der Waals surface area (Å²) in [4.78, 5) is 22.9. The van der Waals surface area contributed by atoms with Crippen molar-refractivity contribution in [3.63, 3.8) is 0 Å². The van der Waals surface area contributed by atoms with Crippen molar-refractivity contribution in [2.24, 2.45) is 11.8 Å². The van der Waals surface area contributed by atoms with Gasteiger partial charge in [-0.15, -0.1) is 0 Å². The Bertz CT molecular complexity index is 468. The first kappa shape index (κ1) is 17.0. The van der Waals surface area contributed by atoms with Gasteiger partial charge in [0.05, 0.1) is 12.5 Å². The molecular formula is C16H23NO4. The molecule has 0 aliphatic heterocycles. The summed E-state index contributed by atoms with van der Waals surface area (Å²) in [6.45, 7) is 6.20. The zero-order chi connectivity index (χ0) is 15.8. The fourth-order valence-corrected chi connectivity index (χ4v) is 2.05. The van der Waals surface area contributed by atoms with Crippen molar-refractivity contribution in [3.05, 3.63) is 24.3 Å². The lowest BCUT2D eigenvalue weighted by atomic mass is 9.91. The van der Waals surface area contributed by atoms with Crippen LogP contribution in [0, 0.1) is 11.8 Å².